The number of tetrazole rings is 1. The topological polar surface area (TPSA) is 180 Å². The Morgan fingerprint density at radius 3 is 2.29 bits per heavy atom. The largest absolute Gasteiger partial charge is 0.349 e. The van der Waals surface area contributed by atoms with Gasteiger partial charge in [0.25, 0.3) is 5.91 Å². The van der Waals surface area contributed by atoms with Crippen molar-refractivity contribution >= 4 is 23.4 Å². The maximum atomic E-state index is 15.7. The number of hydrogen-bond donors (Lipinski definition) is 6. The molecule has 4 aromatic rings. The lowest BCUT2D eigenvalue weighted by Gasteiger charge is -2.28. The van der Waals surface area contributed by atoms with Crippen LogP contribution in [0.5, 0.6) is 0 Å². The first-order valence-electron chi connectivity index (χ1n) is 16.9. The number of aromatic nitrogens is 4. The molecule has 1 saturated heterocycles. The number of carbonyl (C=O) groups is 3. The van der Waals surface area contributed by atoms with Crippen molar-refractivity contribution in [3.05, 3.63) is 83.7 Å². The number of piperidine rings is 1. The number of nitrogens with one attached hydrogen (secondary N) is 5. The molecule has 3 amide bonds. The molecular formula is C36H42FN9O3. The minimum absolute atomic E-state index is 0.00498. The van der Waals surface area contributed by atoms with Crippen molar-refractivity contribution in [1.29, 1.82) is 0 Å². The molecule has 2 aliphatic rings. The van der Waals surface area contributed by atoms with Gasteiger partial charge in [-0.1, -0.05) is 36.4 Å². The molecule has 1 aliphatic heterocycles. The average molecular weight is 668 g/mol. The van der Waals surface area contributed by atoms with Gasteiger partial charge in [0.05, 0.1) is 5.56 Å². The molecule has 12 nitrogen and oxygen atoms in total. The SMILES string of the molecule is NCC1CCC(C(=O)N[C@@H](Cc2ccc(-c3cccc(C(=O)NC4CCNCC4)c3F)cc2)C(=O)Nc2ccc(-c3nn[nH]n3)cc2)CC1. The van der Waals surface area contributed by atoms with Gasteiger partial charge >= 0.3 is 0 Å². The summed E-state index contributed by atoms with van der Waals surface area (Å²) in [6, 6.07) is 18.2. The van der Waals surface area contributed by atoms with Gasteiger partial charge in [-0.3, -0.25) is 14.4 Å². The molecule has 1 aromatic heterocycles. The van der Waals surface area contributed by atoms with Crippen molar-refractivity contribution < 1.29 is 18.8 Å². The second-order valence-electron chi connectivity index (χ2n) is 12.9. The van der Waals surface area contributed by atoms with Crippen molar-refractivity contribution in [3.63, 3.8) is 0 Å². The average Bonchev–Trinajstić information content (AvgIpc) is 3.68. The molecule has 13 heteroatoms. The first-order chi connectivity index (χ1) is 23.9. The highest BCUT2D eigenvalue weighted by Gasteiger charge is 2.29. The molecule has 2 fully saturated rings. The summed E-state index contributed by atoms with van der Waals surface area (Å²) in [6.45, 7) is 2.25. The Morgan fingerprint density at radius 2 is 1.61 bits per heavy atom. The quantitative estimate of drug-likeness (QED) is 0.140. The van der Waals surface area contributed by atoms with Gasteiger partial charge in [-0.2, -0.15) is 5.21 Å². The molecule has 7 N–H and O–H groups in total. The van der Waals surface area contributed by atoms with Crippen molar-refractivity contribution in [1.82, 2.24) is 36.6 Å². The van der Waals surface area contributed by atoms with E-state index in [0.29, 0.717) is 35.1 Å². The smallest absolute Gasteiger partial charge is 0.254 e. The number of anilines is 1. The summed E-state index contributed by atoms with van der Waals surface area (Å²) in [4.78, 5) is 40.0. The Balaban J connectivity index is 1.16. The minimum Gasteiger partial charge on any atom is -0.349 e. The summed E-state index contributed by atoms with van der Waals surface area (Å²) < 4.78 is 15.7. The Kier molecular flexibility index (Phi) is 11.0. The van der Waals surface area contributed by atoms with Gasteiger partial charge in [0.2, 0.25) is 17.6 Å². The number of H-pyrrole nitrogens is 1. The summed E-state index contributed by atoms with van der Waals surface area (Å²) in [5.74, 6) is -0.846. The number of aromatic amines is 1. The van der Waals surface area contributed by atoms with Crippen molar-refractivity contribution in [2.24, 2.45) is 17.6 Å². The van der Waals surface area contributed by atoms with E-state index in [4.69, 9.17) is 5.73 Å². The molecule has 0 spiro atoms. The van der Waals surface area contributed by atoms with Crippen LogP contribution in [0, 0.1) is 17.7 Å². The lowest BCUT2D eigenvalue weighted by atomic mass is 9.81. The van der Waals surface area contributed by atoms with Crippen LogP contribution in [-0.4, -0.2) is 70.1 Å². The molecule has 0 unspecified atom stereocenters. The standard InChI is InChI=1S/C36H42FN9O3/c37-32-29(2-1-3-30(32)35(48)40-28-16-18-39-19-17-28)24-8-4-22(5-9-24)20-31(42-34(47)26-10-6-23(21-38)7-11-26)36(49)41-27-14-12-25(13-15-27)33-43-45-46-44-33/h1-5,8-9,12-15,23,26,28,31,39H,6-7,10-11,16-21,38H2,(H,40,48)(H,41,49)(H,42,47)(H,43,44,45,46)/t23?,26?,31-/m0/s1. The summed E-state index contributed by atoms with van der Waals surface area (Å²) >= 11 is 0. The molecule has 1 aliphatic carbocycles. The predicted molar refractivity (Wildman–Crippen MR) is 184 cm³/mol. The van der Waals surface area contributed by atoms with Gasteiger partial charge in [0.1, 0.15) is 11.9 Å². The Hall–Kier alpha value is -5.01. The van der Waals surface area contributed by atoms with E-state index in [2.05, 4.69) is 41.9 Å². The van der Waals surface area contributed by atoms with Crippen molar-refractivity contribution in [2.45, 2.75) is 57.0 Å². The van der Waals surface area contributed by atoms with Crippen LogP contribution in [0.15, 0.2) is 66.7 Å². The Bertz CT molecular complexity index is 1720. The van der Waals surface area contributed by atoms with E-state index in [1.165, 1.54) is 6.07 Å². The van der Waals surface area contributed by atoms with Crippen molar-refractivity contribution in [3.8, 4) is 22.5 Å². The molecule has 0 bridgehead atoms. The van der Waals surface area contributed by atoms with Gasteiger partial charge in [-0.05, 0) is 111 Å². The van der Waals surface area contributed by atoms with Crippen LogP contribution in [0.25, 0.3) is 22.5 Å². The normalized spacial score (nSPS) is 18.7. The second-order valence-corrected chi connectivity index (χ2v) is 12.9. The molecule has 49 heavy (non-hydrogen) atoms. The summed E-state index contributed by atoms with van der Waals surface area (Å²) in [5.41, 5.74) is 8.82. The van der Waals surface area contributed by atoms with Crippen molar-refractivity contribution in [2.75, 3.05) is 25.0 Å². The Morgan fingerprint density at radius 1 is 0.898 bits per heavy atom. The fourth-order valence-corrected chi connectivity index (χ4v) is 6.59. The van der Waals surface area contributed by atoms with Crippen LogP contribution >= 0.6 is 0 Å². The molecule has 1 atom stereocenters. The fraction of sp³-hybridized carbons (Fsp3) is 0.389. The van der Waals surface area contributed by atoms with Gasteiger partial charge in [0.15, 0.2) is 0 Å². The molecular weight excluding hydrogens is 625 g/mol. The third-order valence-corrected chi connectivity index (χ3v) is 9.56. The zero-order chi connectivity index (χ0) is 34.2. The highest BCUT2D eigenvalue weighted by molar-refractivity contribution is 5.98. The lowest BCUT2D eigenvalue weighted by molar-refractivity contribution is -0.130. The third kappa shape index (κ3) is 8.54. The van der Waals surface area contributed by atoms with Crippen LogP contribution in [0.2, 0.25) is 0 Å². The van der Waals surface area contributed by atoms with E-state index in [9.17, 15) is 14.4 Å². The molecule has 256 valence electrons. The van der Waals surface area contributed by atoms with Crippen LogP contribution in [0.3, 0.4) is 0 Å². The number of carbonyl (C=O) groups excluding carboxylic acids is 3. The minimum atomic E-state index is -0.860. The van der Waals surface area contributed by atoms with Crippen LogP contribution in [0.1, 0.15) is 54.4 Å². The maximum Gasteiger partial charge on any atom is 0.254 e. The Labute approximate surface area is 284 Å². The summed E-state index contributed by atoms with van der Waals surface area (Å²) in [7, 11) is 0. The van der Waals surface area contributed by atoms with Crippen LogP contribution in [-0.2, 0) is 16.0 Å². The number of halogens is 1. The highest BCUT2D eigenvalue weighted by Crippen LogP contribution is 2.29. The van der Waals surface area contributed by atoms with Crippen LogP contribution < -0.4 is 27.0 Å². The second kappa shape index (κ2) is 15.9. The first kappa shape index (κ1) is 33.9. The fourth-order valence-electron chi connectivity index (χ4n) is 6.59. The van der Waals surface area contributed by atoms with E-state index in [1.54, 1.807) is 48.5 Å². The first-order valence-corrected chi connectivity index (χ1v) is 16.9. The number of nitrogens with zero attached hydrogens (tertiary/aromatic N) is 3. The predicted octanol–water partition coefficient (Wildman–Crippen LogP) is 3.59. The zero-order valence-corrected chi connectivity index (χ0v) is 27.3. The van der Waals surface area contributed by atoms with Gasteiger partial charge in [0, 0.05) is 35.2 Å². The maximum absolute atomic E-state index is 15.7. The van der Waals surface area contributed by atoms with Gasteiger partial charge in [-0.15, -0.1) is 10.2 Å². The molecule has 1 saturated carbocycles. The molecule has 2 heterocycles. The molecule has 0 radical (unpaired) electrons. The van der Waals surface area contributed by atoms with E-state index in [1.807, 2.05) is 12.1 Å². The monoisotopic (exact) mass is 667 g/mol. The highest BCUT2D eigenvalue weighted by atomic mass is 19.1. The lowest BCUT2D eigenvalue weighted by Crippen LogP contribution is -2.48. The van der Waals surface area contributed by atoms with E-state index in [0.717, 1.165) is 62.7 Å². The van der Waals surface area contributed by atoms with E-state index in [-0.39, 0.29) is 35.8 Å². The van der Waals surface area contributed by atoms with E-state index >= 15 is 4.39 Å². The number of rotatable bonds is 11. The molecule has 3 aromatic carbocycles. The summed E-state index contributed by atoms with van der Waals surface area (Å²) in [6.07, 6.45) is 5.06. The zero-order valence-electron chi connectivity index (χ0n) is 27.3. The van der Waals surface area contributed by atoms with E-state index < -0.39 is 17.8 Å². The number of hydrogen-bond acceptors (Lipinski definition) is 8. The summed E-state index contributed by atoms with van der Waals surface area (Å²) in [5, 5.41) is 26.1. The number of nitrogens with two attached hydrogens (primary N) is 1. The van der Waals surface area contributed by atoms with Gasteiger partial charge < -0.3 is 27.0 Å². The number of benzene rings is 3. The van der Waals surface area contributed by atoms with Crippen LogP contribution in [0.4, 0.5) is 10.1 Å². The molecule has 6 rings (SSSR count). The van der Waals surface area contributed by atoms with Gasteiger partial charge in [-0.25, -0.2) is 4.39 Å². The third-order valence-electron chi connectivity index (χ3n) is 9.56. The number of amides is 3.